The molecule has 4 heteroatoms. The first kappa shape index (κ1) is 14.9. The van der Waals surface area contributed by atoms with Crippen LogP contribution in [0.15, 0.2) is 48.5 Å². The van der Waals surface area contributed by atoms with Gasteiger partial charge in [-0.05, 0) is 43.3 Å². The van der Waals surface area contributed by atoms with Crippen molar-refractivity contribution >= 4 is 23.0 Å². The number of rotatable bonds is 5. The molecule has 0 aliphatic rings. The number of amides is 1. The summed E-state index contributed by atoms with van der Waals surface area (Å²) in [5.74, 6) is -0.107. The van der Waals surface area contributed by atoms with Crippen molar-refractivity contribution < 1.29 is 4.79 Å². The Bertz CT molecular complexity index is 606. The molecule has 4 nitrogen and oxygen atoms in total. The number of nitrogens with one attached hydrogen (secondary N) is 2. The van der Waals surface area contributed by atoms with Gasteiger partial charge in [0.1, 0.15) is 0 Å². The molecule has 0 atom stereocenters. The fourth-order valence-electron chi connectivity index (χ4n) is 2.07. The van der Waals surface area contributed by atoms with E-state index in [0.29, 0.717) is 5.56 Å². The fourth-order valence-corrected chi connectivity index (χ4v) is 2.07. The van der Waals surface area contributed by atoms with Crippen molar-refractivity contribution in [1.29, 1.82) is 0 Å². The van der Waals surface area contributed by atoms with E-state index in [1.165, 1.54) is 0 Å². The van der Waals surface area contributed by atoms with Crippen LogP contribution in [0.25, 0.3) is 0 Å². The molecule has 0 unspecified atom stereocenters. The van der Waals surface area contributed by atoms with Crippen LogP contribution in [0.5, 0.6) is 0 Å². The Morgan fingerprint density at radius 3 is 2.33 bits per heavy atom. The van der Waals surface area contributed by atoms with E-state index < -0.39 is 0 Å². The highest BCUT2D eigenvalue weighted by molar-refractivity contribution is 6.08. The fraction of sp³-hybridized carbons (Fsp3) is 0.235. The lowest BCUT2D eigenvalue weighted by atomic mass is 10.1. The molecule has 0 fully saturated rings. The average molecular weight is 283 g/mol. The summed E-state index contributed by atoms with van der Waals surface area (Å²) in [7, 11) is 3.97. The maximum atomic E-state index is 12.4. The molecule has 0 radical (unpaired) electrons. The van der Waals surface area contributed by atoms with Gasteiger partial charge in [-0.25, -0.2) is 0 Å². The predicted molar refractivity (Wildman–Crippen MR) is 89.3 cm³/mol. The SMILES string of the molecule is CCNc1ccccc1C(=O)Nc1ccc(N(C)C)cc1. The predicted octanol–water partition coefficient (Wildman–Crippen LogP) is 3.44. The molecule has 110 valence electrons. The topological polar surface area (TPSA) is 44.4 Å². The monoisotopic (exact) mass is 283 g/mol. The first-order valence-electron chi connectivity index (χ1n) is 7.03. The lowest BCUT2D eigenvalue weighted by Gasteiger charge is -2.14. The van der Waals surface area contributed by atoms with Crippen molar-refractivity contribution in [3.8, 4) is 0 Å². The Balaban J connectivity index is 2.14. The minimum Gasteiger partial charge on any atom is -0.385 e. The zero-order valence-electron chi connectivity index (χ0n) is 12.7. The molecule has 2 aromatic rings. The van der Waals surface area contributed by atoms with Crippen LogP contribution in [0.1, 0.15) is 17.3 Å². The second-order valence-corrected chi connectivity index (χ2v) is 4.97. The Morgan fingerprint density at radius 1 is 1.05 bits per heavy atom. The number of para-hydroxylation sites is 1. The van der Waals surface area contributed by atoms with Gasteiger partial charge in [-0.15, -0.1) is 0 Å². The van der Waals surface area contributed by atoms with Gasteiger partial charge in [-0.3, -0.25) is 4.79 Å². The van der Waals surface area contributed by atoms with E-state index in [9.17, 15) is 4.79 Å². The first-order valence-corrected chi connectivity index (χ1v) is 7.03. The number of nitrogens with zero attached hydrogens (tertiary/aromatic N) is 1. The summed E-state index contributed by atoms with van der Waals surface area (Å²) >= 11 is 0. The van der Waals surface area contributed by atoms with Gasteiger partial charge < -0.3 is 15.5 Å². The Morgan fingerprint density at radius 2 is 1.71 bits per heavy atom. The average Bonchev–Trinajstić information content (AvgIpc) is 2.48. The van der Waals surface area contributed by atoms with Gasteiger partial charge in [0.05, 0.1) is 5.56 Å². The van der Waals surface area contributed by atoms with Gasteiger partial charge in [0.25, 0.3) is 5.91 Å². The molecule has 0 aliphatic carbocycles. The highest BCUT2D eigenvalue weighted by Crippen LogP contribution is 2.19. The summed E-state index contributed by atoms with van der Waals surface area (Å²) in [6.07, 6.45) is 0. The van der Waals surface area contributed by atoms with Crippen LogP contribution >= 0.6 is 0 Å². The van der Waals surface area contributed by atoms with E-state index >= 15 is 0 Å². The molecule has 21 heavy (non-hydrogen) atoms. The molecular formula is C17H21N3O. The second-order valence-electron chi connectivity index (χ2n) is 4.97. The van der Waals surface area contributed by atoms with E-state index in [-0.39, 0.29) is 5.91 Å². The second kappa shape index (κ2) is 6.79. The standard InChI is InChI=1S/C17H21N3O/c1-4-18-16-8-6-5-7-15(16)17(21)19-13-9-11-14(12-10-13)20(2)3/h5-12,18H,4H2,1-3H3,(H,19,21). The third kappa shape index (κ3) is 3.75. The maximum absolute atomic E-state index is 12.4. The van der Waals surface area contributed by atoms with Gasteiger partial charge in [0, 0.05) is 37.7 Å². The van der Waals surface area contributed by atoms with Crippen LogP contribution in [-0.2, 0) is 0 Å². The molecule has 0 saturated carbocycles. The third-order valence-corrected chi connectivity index (χ3v) is 3.18. The van der Waals surface area contributed by atoms with Crippen molar-refractivity contribution in [3.05, 3.63) is 54.1 Å². The molecule has 0 aliphatic heterocycles. The largest absolute Gasteiger partial charge is 0.385 e. The molecule has 0 aromatic heterocycles. The summed E-state index contributed by atoms with van der Waals surface area (Å²) in [5.41, 5.74) is 3.39. The molecule has 0 saturated heterocycles. The summed E-state index contributed by atoms with van der Waals surface area (Å²) < 4.78 is 0. The summed E-state index contributed by atoms with van der Waals surface area (Å²) in [6, 6.07) is 15.3. The number of anilines is 3. The normalized spacial score (nSPS) is 10.0. The van der Waals surface area contributed by atoms with E-state index in [1.54, 1.807) is 0 Å². The molecule has 0 bridgehead atoms. The highest BCUT2D eigenvalue weighted by Gasteiger charge is 2.10. The van der Waals surface area contributed by atoms with Crippen LogP contribution in [0, 0.1) is 0 Å². The Kier molecular flexibility index (Phi) is 4.82. The minimum atomic E-state index is -0.107. The minimum absolute atomic E-state index is 0.107. The van der Waals surface area contributed by atoms with Crippen LogP contribution in [0.2, 0.25) is 0 Å². The maximum Gasteiger partial charge on any atom is 0.257 e. The number of carbonyl (C=O) groups is 1. The molecule has 0 heterocycles. The van der Waals surface area contributed by atoms with Gasteiger partial charge in [-0.2, -0.15) is 0 Å². The number of hydrogen-bond acceptors (Lipinski definition) is 3. The van der Waals surface area contributed by atoms with Gasteiger partial charge in [-0.1, -0.05) is 12.1 Å². The van der Waals surface area contributed by atoms with E-state index in [1.807, 2.05) is 74.4 Å². The zero-order valence-corrected chi connectivity index (χ0v) is 12.7. The van der Waals surface area contributed by atoms with E-state index in [4.69, 9.17) is 0 Å². The van der Waals surface area contributed by atoms with E-state index in [2.05, 4.69) is 10.6 Å². The Hall–Kier alpha value is -2.49. The van der Waals surface area contributed by atoms with Crippen LogP contribution in [-0.4, -0.2) is 26.5 Å². The Labute approximate surface area is 125 Å². The molecule has 2 rings (SSSR count). The van der Waals surface area contributed by atoms with Crippen LogP contribution in [0.4, 0.5) is 17.1 Å². The zero-order chi connectivity index (χ0) is 15.2. The molecular weight excluding hydrogens is 262 g/mol. The quantitative estimate of drug-likeness (QED) is 0.883. The smallest absolute Gasteiger partial charge is 0.257 e. The van der Waals surface area contributed by atoms with Crippen LogP contribution < -0.4 is 15.5 Å². The van der Waals surface area contributed by atoms with Gasteiger partial charge in [0.2, 0.25) is 0 Å². The van der Waals surface area contributed by atoms with Gasteiger partial charge in [0.15, 0.2) is 0 Å². The van der Waals surface area contributed by atoms with Crippen LogP contribution in [0.3, 0.4) is 0 Å². The lowest BCUT2D eigenvalue weighted by molar-refractivity contribution is 0.102. The molecule has 2 aromatic carbocycles. The molecule has 0 spiro atoms. The lowest BCUT2D eigenvalue weighted by Crippen LogP contribution is -2.15. The van der Waals surface area contributed by atoms with E-state index in [0.717, 1.165) is 23.6 Å². The molecule has 1 amide bonds. The first-order chi connectivity index (χ1) is 10.1. The summed E-state index contributed by atoms with van der Waals surface area (Å²) in [5, 5.41) is 6.13. The van der Waals surface area contributed by atoms with Crippen molar-refractivity contribution in [2.24, 2.45) is 0 Å². The van der Waals surface area contributed by atoms with Crippen molar-refractivity contribution in [2.75, 3.05) is 36.2 Å². The van der Waals surface area contributed by atoms with Gasteiger partial charge >= 0.3 is 0 Å². The number of carbonyl (C=O) groups excluding carboxylic acids is 1. The van der Waals surface area contributed by atoms with Crippen molar-refractivity contribution in [1.82, 2.24) is 0 Å². The highest BCUT2D eigenvalue weighted by atomic mass is 16.1. The number of benzene rings is 2. The van der Waals surface area contributed by atoms with Crippen molar-refractivity contribution in [3.63, 3.8) is 0 Å². The third-order valence-electron chi connectivity index (χ3n) is 3.18. The summed E-state index contributed by atoms with van der Waals surface area (Å²) in [4.78, 5) is 14.4. The number of hydrogen-bond donors (Lipinski definition) is 2. The summed E-state index contributed by atoms with van der Waals surface area (Å²) in [6.45, 7) is 2.79. The molecule has 2 N–H and O–H groups in total. The van der Waals surface area contributed by atoms with Crippen molar-refractivity contribution in [2.45, 2.75) is 6.92 Å².